The van der Waals surface area contributed by atoms with Gasteiger partial charge in [-0.2, -0.15) is 0 Å². The number of ether oxygens (including phenoxy) is 1. The van der Waals surface area contributed by atoms with Crippen molar-refractivity contribution < 1.29 is 33.6 Å². The second kappa shape index (κ2) is 12.0. The van der Waals surface area contributed by atoms with Crippen LogP contribution in [0.25, 0.3) is 0 Å². The summed E-state index contributed by atoms with van der Waals surface area (Å²) >= 11 is 0. The minimum Gasteiger partial charge on any atom is -0.427 e. The number of hydrogen-bond acceptors (Lipinski definition) is 8. The van der Waals surface area contributed by atoms with Crippen molar-refractivity contribution in [3.05, 3.63) is 99.1 Å². The molecule has 2 N–H and O–H groups in total. The Hall–Kier alpha value is -5.39. The molecule has 1 heterocycles. The van der Waals surface area contributed by atoms with Crippen LogP contribution in [0, 0.1) is 10.1 Å². The third kappa shape index (κ3) is 6.35. The van der Waals surface area contributed by atoms with Crippen LogP contribution in [-0.4, -0.2) is 46.0 Å². The molecule has 0 saturated carbocycles. The van der Waals surface area contributed by atoms with Gasteiger partial charge in [0.15, 0.2) is 0 Å². The number of nitro groups is 1. The molecule has 0 atom stereocenters. The summed E-state index contributed by atoms with van der Waals surface area (Å²) in [6.45, 7) is 1.35. The number of fused-ring (bicyclic) bond motifs is 1. The Morgan fingerprint density at radius 2 is 1.70 bits per heavy atom. The van der Waals surface area contributed by atoms with Gasteiger partial charge in [-0.25, -0.2) is 0 Å². The van der Waals surface area contributed by atoms with Crippen molar-refractivity contribution in [3.63, 3.8) is 0 Å². The fourth-order valence-electron chi connectivity index (χ4n) is 4.13. The van der Waals surface area contributed by atoms with Crippen LogP contribution >= 0.6 is 0 Å². The molecule has 0 unspecified atom stereocenters. The Morgan fingerprint density at radius 3 is 2.45 bits per heavy atom. The van der Waals surface area contributed by atoms with Crippen LogP contribution in [0.3, 0.4) is 0 Å². The van der Waals surface area contributed by atoms with Crippen molar-refractivity contribution >= 4 is 41.0 Å². The van der Waals surface area contributed by atoms with E-state index in [1.807, 2.05) is 0 Å². The number of carbonyl (C=O) groups is 5. The third-order valence-electron chi connectivity index (χ3n) is 6.05. The van der Waals surface area contributed by atoms with Gasteiger partial charge in [0, 0.05) is 49.8 Å². The second-order valence-electron chi connectivity index (χ2n) is 8.86. The van der Waals surface area contributed by atoms with Gasteiger partial charge in [0.2, 0.25) is 5.91 Å². The van der Waals surface area contributed by atoms with Crippen molar-refractivity contribution in [3.8, 4) is 5.75 Å². The molecule has 204 valence electrons. The lowest BCUT2D eigenvalue weighted by Crippen LogP contribution is -2.32. The minimum atomic E-state index is -0.641. The molecule has 12 heteroatoms. The summed E-state index contributed by atoms with van der Waals surface area (Å²) < 4.78 is 5.02. The van der Waals surface area contributed by atoms with Gasteiger partial charge in [0.25, 0.3) is 23.4 Å². The first-order valence-corrected chi connectivity index (χ1v) is 12.2. The minimum absolute atomic E-state index is 0.0189. The summed E-state index contributed by atoms with van der Waals surface area (Å²) in [7, 11) is 0. The number of amides is 4. The number of nitrogens with zero attached hydrogens (tertiary/aromatic N) is 2. The highest BCUT2D eigenvalue weighted by atomic mass is 16.6. The Balaban J connectivity index is 1.30. The van der Waals surface area contributed by atoms with Gasteiger partial charge in [-0.15, -0.1) is 0 Å². The summed E-state index contributed by atoms with van der Waals surface area (Å²) in [5.74, 6) is -2.22. The molecule has 0 radical (unpaired) electrons. The zero-order chi connectivity index (χ0) is 28.8. The molecular weight excluding hydrogens is 520 g/mol. The number of nitro benzene ring substituents is 1. The molecule has 3 aromatic carbocycles. The number of hydrogen-bond donors (Lipinski definition) is 2. The van der Waals surface area contributed by atoms with Gasteiger partial charge in [-0.05, 0) is 42.3 Å². The van der Waals surface area contributed by atoms with Crippen LogP contribution in [0.15, 0.2) is 66.7 Å². The van der Waals surface area contributed by atoms with Crippen molar-refractivity contribution in [1.29, 1.82) is 0 Å². The maximum absolute atomic E-state index is 12.8. The predicted octanol–water partition coefficient (Wildman–Crippen LogP) is 3.47. The molecule has 4 rings (SSSR count). The highest BCUT2D eigenvalue weighted by Crippen LogP contribution is 2.27. The third-order valence-corrected chi connectivity index (χ3v) is 6.05. The monoisotopic (exact) mass is 544 g/mol. The van der Waals surface area contributed by atoms with E-state index in [4.69, 9.17) is 4.74 Å². The summed E-state index contributed by atoms with van der Waals surface area (Å²) in [6, 6.07) is 16.6. The zero-order valence-electron chi connectivity index (χ0n) is 21.3. The normalized spacial score (nSPS) is 12.1. The lowest BCUT2D eigenvalue weighted by molar-refractivity contribution is -0.384. The first kappa shape index (κ1) is 27.6. The summed E-state index contributed by atoms with van der Waals surface area (Å²) in [5, 5.41) is 16.5. The van der Waals surface area contributed by atoms with Crippen LogP contribution in [-0.2, 0) is 16.1 Å². The number of imide groups is 1. The van der Waals surface area contributed by atoms with Crippen molar-refractivity contribution in [2.45, 2.75) is 26.3 Å². The van der Waals surface area contributed by atoms with E-state index >= 15 is 0 Å². The largest absolute Gasteiger partial charge is 0.427 e. The molecule has 12 nitrogen and oxygen atoms in total. The molecule has 4 amide bonds. The van der Waals surface area contributed by atoms with Crippen LogP contribution in [0.2, 0.25) is 0 Å². The average Bonchev–Trinajstić information content (AvgIpc) is 3.16. The number of carbonyl (C=O) groups excluding carboxylic acids is 5. The van der Waals surface area contributed by atoms with Crippen LogP contribution < -0.4 is 15.4 Å². The van der Waals surface area contributed by atoms with Crippen LogP contribution in [0.5, 0.6) is 5.75 Å². The molecule has 0 aliphatic carbocycles. The van der Waals surface area contributed by atoms with Crippen molar-refractivity contribution in [2.24, 2.45) is 0 Å². The number of non-ortho nitro benzene ring substituents is 1. The topological polar surface area (TPSA) is 165 Å². The molecule has 0 aromatic heterocycles. The first-order valence-electron chi connectivity index (χ1n) is 12.2. The number of anilines is 1. The number of rotatable bonds is 10. The number of esters is 1. The fourth-order valence-corrected chi connectivity index (χ4v) is 4.13. The van der Waals surface area contributed by atoms with E-state index in [0.717, 1.165) is 11.0 Å². The Kier molecular flexibility index (Phi) is 8.28. The highest BCUT2D eigenvalue weighted by Gasteiger charge is 2.36. The van der Waals surface area contributed by atoms with Crippen LogP contribution in [0.1, 0.15) is 56.4 Å². The number of nitrogens with one attached hydrogen (secondary N) is 2. The number of benzene rings is 3. The molecule has 0 fully saturated rings. The SMILES string of the molecule is CC(=O)Oc1cccc(C(=O)Nc2ccccc2CNC(=O)CCCN2C(=O)c3ccc([N+](=O)[O-])cc3C2=O)c1. The van der Waals surface area contributed by atoms with Gasteiger partial charge >= 0.3 is 5.97 Å². The van der Waals surface area contributed by atoms with E-state index in [2.05, 4.69) is 10.6 Å². The van der Waals surface area contributed by atoms with Gasteiger partial charge in [0.05, 0.1) is 16.1 Å². The average molecular weight is 545 g/mol. The van der Waals surface area contributed by atoms with E-state index in [1.165, 1.54) is 25.1 Å². The van der Waals surface area contributed by atoms with E-state index in [1.54, 1.807) is 42.5 Å². The van der Waals surface area contributed by atoms with E-state index in [0.29, 0.717) is 11.3 Å². The molecule has 3 aromatic rings. The molecule has 1 aliphatic rings. The quantitative estimate of drug-likeness (QED) is 0.129. The Morgan fingerprint density at radius 1 is 0.950 bits per heavy atom. The zero-order valence-corrected chi connectivity index (χ0v) is 21.3. The summed E-state index contributed by atoms with van der Waals surface area (Å²) in [5.41, 5.74) is 1.18. The fraction of sp³-hybridized carbons (Fsp3) is 0.179. The maximum Gasteiger partial charge on any atom is 0.308 e. The van der Waals surface area contributed by atoms with Gasteiger partial charge < -0.3 is 15.4 Å². The predicted molar refractivity (Wildman–Crippen MR) is 142 cm³/mol. The van der Waals surface area contributed by atoms with E-state index < -0.39 is 28.6 Å². The smallest absolute Gasteiger partial charge is 0.308 e. The second-order valence-corrected chi connectivity index (χ2v) is 8.86. The molecular formula is C28H24N4O8. The van der Waals surface area contributed by atoms with Crippen molar-refractivity contribution in [2.75, 3.05) is 11.9 Å². The summed E-state index contributed by atoms with van der Waals surface area (Å²) in [6.07, 6.45) is 0.210. The van der Waals surface area contributed by atoms with E-state index in [9.17, 15) is 34.1 Å². The van der Waals surface area contributed by atoms with E-state index in [-0.39, 0.29) is 60.0 Å². The van der Waals surface area contributed by atoms with Crippen molar-refractivity contribution in [1.82, 2.24) is 10.2 Å². The lowest BCUT2D eigenvalue weighted by Gasteiger charge is -2.14. The standard InChI is InChI=1S/C28H24N4O8/c1-17(33)40-21-8-4-7-18(14-21)26(35)30-24-9-3-2-6-19(24)16-29-25(34)10-5-13-31-27(36)22-12-11-20(32(38)39)15-23(22)28(31)37/h2-4,6-9,11-12,14-15H,5,10,13,16H2,1H3,(H,29,34)(H,30,35). The Bertz CT molecular complexity index is 1530. The number of para-hydroxylation sites is 1. The Labute approximate surface area is 228 Å². The van der Waals surface area contributed by atoms with Gasteiger partial charge in [-0.1, -0.05) is 24.3 Å². The highest BCUT2D eigenvalue weighted by molar-refractivity contribution is 6.21. The molecule has 40 heavy (non-hydrogen) atoms. The molecule has 0 spiro atoms. The lowest BCUT2D eigenvalue weighted by atomic mass is 10.1. The van der Waals surface area contributed by atoms with Gasteiger partial charge in [0.1, 0.15) is 5.75 Å². The molecule has 0 bridgehead atoms. The maximum atomic E-state index is 12.8. The first-order chi connectivity index (χ1) is 19.1. The summed E-state index contributed by atoms with van der Waals surface area (Å²) in [4.78, 5) is 72.9. The molecule has 0 saturated heterocycles. The van der Waals surface area contributed by atoms with Crippen LogP contribution in [0.4, 0.5) is 11.4 Å². The van der Waals surface area contributed by atoms with Gasteiger partial charge in [-0.3, -0.25) is 39.0 Å². The molecule has 1 aliphatic heterocycles.